The van der Waals surface area contributed by atoms with E-state index in [0.29, 0.717) is 28.3 Å². The van der Waals surface area contributed by atoms with Crippen LogP contribution in [-0.4, -0.2) is 25.6 Å². The zero-order valence-corrected chi connectivity index (χ0v) is 15.4. The van der Waals surface area contributed by atoms with Crippen LogP contribution in [0.5, 0.6) is 5.75 Å². The molecule has 1 amide bonds. The molecule has 0 spiro atoms. The van der Waals surface area contributed by atoms with Crippen LogP contribution in [0.2, 0.25) is 0 Å². The Kier molecular flexibility index (Phi) is 4.48. The van der Waals surface area contributed by atoms with E-state index in [9.17, 15) is 9.59 Å². The molecule has 1 aliphatic heterocycles. The predicted molar refractivity (Wildman–Crippen MR) is 101 cm³/mol. The summed E-state index contributed by atoms with van der Waals surface area (Å²) in [6.45, 7) is 2.06. The van der Waals surface area contributed by atoms with Gasteiger partial charge in [0.25, 0.3) is 5.91 Å². The lowest BCUT2D eigenvalue weighted by atomic mass is 9.94. The van der Waals surface area contributed by atoms with Crippen LogP contribution < -0.4 is 10.1 Å². The standard InChI is InChI=1S/C21H21NO5/c1-3-26-21(24)19-13-6-4-5-7-17(13)27-18(19)11-15-14-10-12(25-2)8-9-16(14)22-20(15)23/h8-11H,3-7H2,1-2H3,(H,22,23). The summed E-state index contributed by atoms with van der Waals surface area (Å²) in [4.78, 5) is 25.1. The number of rotatable bonds is 4. The van der Waals surface area contributed by atoms with Crippen molar-refractivity contribution >= 4 is 29.2 Å². The first-order valence-electron chi connectivity index (χ1n) is 9.15. The van der Waals surface area contributed by atoms with Crippen molar-refractivity contribution in [2.24, 2.45) is 0 Å². The number of esters is 1. The summed E-state index contributed by atoms with van der Waals surface area (Å²) >= 11 is 0. The number of furan rings is 1. The van der Waals surface area contributed by atoms with Crippen LogP contribution in [0.3, 0.4) is 0 Å². The number of hydrogen-bond acceptors (Lipinski definition) is 5. The highest BCUT2D eigenvalue weighted by molar-refractivity contribution is 6.35. The van der Waals surface area contributed by atoms with Gasteiger partial charge in [-0.15, -0.1) is 0 Å². The summed E-state index contributed by atoms with van der Waals surface area (Å²) in [5.74, 6) is 1.23. The fraction of sp³-hybridized carbons (Fsp3) is 0.333. The van der Waals surface area contributed by atoms with E-state index in [1.54, 1.807) is 38.3 Å². The summed E-state index contributed by atoms with van der Waals surface area (Å²) in [6.07, 6.45) is 5.26. The molecule has 1 aromatic carbocycles. The lowest BCUT2D eigenvalue weighted by Crippen LogP contribution is -2.10. The largest absolute Gasteiger partial charge is 0.497 e. The molecule has 0 atom stereocenters. The quantitative estimate of drug-likeness (QED) is 0.656. The summed E-state index contributed by atoms with van der Waals surface area (Å²) in [5, 5.41) is 2.83. The van der Waals surface area contributed by atoms with Crippen molar-refractivity contribution in [3.63, 3.8) is 0 Å². The van der Waals surface area contributed by atoms with E-state index in [1.807, 2.05) is 0 Å². The third-order valence-electron chi connectivity index (χ3n) is 4.96. The fourth-order valence-electron chi connectivity index (χ4n) is 3.68. The van der Waals surface area contributed by atoms with Crippen LogP contribution >= 0.6 is 0 Å². The Morgan fingerprint density at radius 3 is 2.89 bits per heavy atom. The molecule has 0 bridgehead atoms. The molecule has 2 aromatic rings. The Balaban J connectivity index is 1.84. The van der Waals surface area contributed by atoms with Crippen LogP contribution in [0.1, 0.15) is 52.8 Å². The number of aryl methyl sites for hydroxylation is 1. The average Bonchev–Trinajstić information content (AvgIpc) is 3.19. The van der Waals surface area contributed by atoms with E-state index in [4.69, 9.17) is 13.9 Å². The molecule has 6 heteroatoms. The van der Waals surface area contributed by atoms with Gasteiger partial charge in [-0.05, 0) is 50.5 Å². The minimum atomic E-state index is -0.402. The number of amides is 1. The van der Waals surface area contributed by atoms with Gasteiger partial charge in [-0.2, -0.15) is 0 Å². The average molecular weight is 367 g/mol. The molecule has 0 saturated carbocycles. The molecule has 0 radical (unpaired) electrons. The second-order valence-electron chi connectivity index (χ2n) is 6.59. The SMILES string of the molecule is CCOC(=O)c1c(C=C2C(=O)Nc3ccc(OC)cc32)oc2c1CCCC2. The molecular weight excluding hydrogens is 346 g/mol. The summed E-state index contributed by atoms with van der Waals surface area (Å²) < 4.78 is 16.5. The number of methoxy groups -OCH3 is 1. The molecule has 140 valence electrons. The van der Waals surface area contributed by atoms with Gasteiger partial charge in [-0.3, -0.25) is 4.79 Å². The normalized spacial score (nSPS) is 16.7. The van der Waals surface area contributed by atoms with E-state index >= 15 is 0 Å². The van der Waals surface area contributed by atoms with Crippen LogP contribution in [0.15, 0.2) is 22.6 Å². The number of carbonyl (C=O) groups excluding carboxylic acids is 2. The number of fused-ring (bicyclic) bond motifs is 2. The first kappa shape index (κ1) is 17.4. The van der Waals surface area contributed by atoms with E-state index in [2.05, 4.69) is 5.32 Å². The van der Waals surface area contributed by atoms with Crippen molar-refractivity contribution in [1.29, 1.82) is 0 Å². The van der Waals surface area contributed by atoms with Crippen LogP contribution in [0.25, 0.3) is 11.6 Å². The minimum Gasteiger partial charge on any atom is -0.497 e. The monoisotopic (exact) mass is 367 g/mol. The molecule has 1 aliphatic carbocycles. The van der Waals surface area contributed by atoms with Gasteiger partial charge in [0.2, 0.25) is 0 Å². The lowest BCUT2D eigenvalue weighted by Gasteiger charge is -2.10. The van der Waals surface area contributed by atoms with E-state index in [1.165, 1.54) is 0 Å². The predicted octanol–water partition coefficient (Wildman–Crippen LogP) is 3.84. The Morgan fingerprint density at radius 2 is 2.11 bits per heavy atom. The number of nitrogens with one attached hydrogen (secondary N) is 1. The smallest absolute Gasteiger partial charge is 0.342 e. The molecule has 0 saturated heterocycles. The topological polar surface area (TPSA) is 77.8 Å². The van der Waals surface area contributed by atoms with E-state index in [0.717, 1.165) is 42.6 Å². The first-order valence-corrected chi connectivity index (χ1v) is 9.15. The Morgan fingerprint density at radius 1 is 1.30 bits per heavy atom. The molecule has 2 aliphatic rings. The van der Waals surface area contributed by atoms with Crippen LogP contribution in [0.4, 0.5) is 5.69 Å². The molecule has 1 aromatic heterocycles. The van der Waals surface area contributed by atoms with Crippen LogP contribution in [-0.2, 0) is 22.4 Å². The number of anilines is 1. The Labute approximate surface area is 157 Å². The van der Waals surface area contributed by atoms with Gasteiger partial charge in [0.05, 0.1) is 19.3 Å². The number of carbonyl (C=O) groups is 2. The number of benzene rings is 1. The molecular formula is C21H21NO5. The second kappa shape index (κ2) is 6.95. The number of ether oxygens (including phenoxy) is 2. The molecule has 0 fully saturated rings. The summed E-state index contributed by atoms with van der Waals surface area (Å²) in [6, 6.07) is 5.38. The molecule has 0 unspecified atom stereocenters. The summed E-state index contributed by atoms with van der Waals surface area (Å²) in [5.41, 5.74) is 3.24. The third-order valence-corrected chi connectivity index (χ3v) is 4.96. The fourth-order valence-corrected chi connectivity index (χ4v) is 3.68. The zero-order chi connectivity index (χ0) is 19.0. The minimum absolute atomic E-state index is 0.234. The third kappa shape index (κ3) is 3.01. The van der Waals surface area contributed by atoms with E-state index in [-0.39, 0.29) is 12.5 Å². The highest BCUT2D eigenvalue weighted by Crippen LogP contribution is 2.38. The Bertz CT molecular complexity index is 954. The van der Waals surface area contributed by atoms with Crippen molar-refractivity contribution < 1.29 is 23.5 Å². The molecule has 4 rings (SSSR count). The second-order valence-corrected chi connectivity index (χ2v) is 6.59. The highest BCUT2D eigenvalue weighted by atomic mass is 16.5. The highest BCUT2D eigenvalue weighted by Gasteiger charge is 2.30. The summed E-state index contributed by atoms with van der Waals surface area (Å²) in [7, 11) is 1.58. The van der Waals surface area contributed by atoms with Crippen molar-refractivity contribution in [2.75, 3.05) is 19.0 Å². The number of hydrogen-bond donors (Lipinski definition) is 1. The van der Waals surface area contributed by atoms with Crippen LogP contribution in [0, 0.1) is 0 Å². The molecule has 2 heterocycles. The first-order chi connectivity index (χ1) is 13.1. The van der Waals surface area contributed by atoms with Gasteiger partial charge < -0.3 is 19.2 Å². The van der Waals surface area contributed by atoms with Gasteiger partial charge in [-0.1, -0.05) is 0 Å². The van der Waals surface area contributed by atoms with Crippen molar-refractivity contribution in [2.45, 2.75) is 32.6 Å². The zero-order valence-electron chi connectivity index (χ0n) is 15.4. The molecule has 1 N–H and O–H groups in total. The lowest BCUT2D eigenvalue weighted by molar-refractivity contribution is -0.110. The van der Waals surface area contributed by atoms with E-state index < -0.39 is 5.97 Å². The molecule has 6 nitrogen and oxygen atoms in total. The van der Waals surface area contributed by atoms with Gasteiger partial charge >= 0.3 is 5.97 Å². The maximum absolute atomic E-state index is 12.6. The van der Waals surface area contributed by atoms with Gasteiger partial charge in [0.1, 0.15) is 22.8 Å². The maximum atomic E-state index is 12.6. The molecule has 27 heavy (non-hydrogen) atoms. The van der Waals surface area contributed by atoms with Gasteiger partial charge in [0, 0.05) is 23.2 Å². The Hall–Kier alpha value is -3.02. The van der Waals surface area contributed by atoms with Gasteiger partial charge in [0.15, 0.2) is 0 Å². The van der Waals surface area contributed by atoms with Crippen molar-refractivity contribution in [3.05, 3.63) is 46.4 Å². The van der Waals surface area contributed by atoms with Crippen molar-refractivity contribution in [3.8, 4) is 5.75 Å². The van der Waals surface area contributed by atoms with Gasteiger partial charge in [-0.25, -0.2) is 4.79 Å². The maximum Gasteiger partial charge on any atom is 0.342 e. The van der Waals surface area contributed by atoms with Crippen molar-refractivity contribution in [1.82, 2.24) is 0 Å².